The number of hydrogen-bond acceptors (Lipinski definition) is 7. The van der Waals surface area contributed by atoms with E-state index in [1.54, 1.807) is 0 Å². The smallest absolute Gasteiger partial charge is 0.164 e. The lowest BCUT2D eigenvalue weighted by molar-refractivity contribution is 0.166. The number of fused-ring (bicyclic) bond motifs is 1. The molecule has 0 spiro atoms. The molecule has 2 aromatic carbocycles. The SMILES string of the molecule is Nc1ncnc2c1c(-c1ccc(Oc3ccccc3)cc1)nn2C1CCN(CCOI)CC1. The van der Waals surface area contributed by atoms with Gasteiger partial charge in [0.05, 0.1) is 18.0 Å². The predicted molar refractivity (Wildman–Crippen MR) is 136 cm³/mol. The van der Waals surface area contributed by atoms with Crippen molar-refractivity contribution in [1.29, 1.82) is 0 Å². The van der Waals surface area contributed by atoms with E-state index in [0.717, 1.165) is 72.9 Å². The summed E-state index contributed by atoms with van der Waals surface area (Å²) < 4.78 is 13.2. The summed E-state index contributed by atoms with van der Waals surface area (Å²) in [5, 5.41) is 5.79. The number of nitrogen functional groups attached to an aromatic ring is 1. The fourth-order valence-corrected chi connectivity index (χ4v) is 4.51. The van der Waals surface area contributed by atoms with Crippen molar-refractivity contribution in [3.8, 4) is 22.8 Å². The molecule has 170 valence electrons. The normalized spacial score (nSPS) is 15.2. The van der Waals surface area contributed by atoms with Gasteiger partial charge in [-0.15, -0.1) is 0 Å². The molecule has 8 nitrogen and oxygen atoms in total. The second kappa shape index (κ2) is 10.0. The van der Waals surface area contributed by atoms with E-state index >= 15 is 0 Å². The first-order valence-corrected chi connectivity index (χ1v) is 11.9. The second-order valence-corrected chi connectivity index (χ2v) is 8.70. The van der Waals surface area contributed by atoms with Gasteiger partial charge in [0.1, 0.15) is 52.3 Å². The van der Waals surface area contributed by atoms with Crippen molar-refractivity contribution < 1.29 is 7.80 Å². The highest BCUT2D eigenvalue weighted by molar-refractivity contribution is 14.1. The Hall–Kier alpha value is -2.76. The summed E-state index contributed by atoms with van der Waals surface area (Å²) in [5.41, 5.74) is 8.84. The van der Waals surface area contributed by atoms with Crippen LogP contribution >= 0.6 is 23.0 Å². The molecule has 0 radical (unpaired) electrons. The van der Waals surface area contributed by atoms with Crippen LogP contribution < -0.4 is 10.5 Å². The van der Waals surface area contributed by atoms with Crippen LogP contribution in [0.2, 0.25) is 0 Å². The van der Waals surface area contributed by atoms with Crippen LogP contribution in [0, 0.1) is 0 Å². The number of halogens is 1. The number of ether oxygens (including phenoxy) is 1. The van der Waals surface area contributed by atoms with E-state index in [2.05, 4.69) is 14.9 Å². The molecule has 33 heavy (non-hydrogen) atoms. The maximum absolute atomic E-state index is 6.29. The monoisotopic (exact) mass is 556 g/mol. The molecule has 3 heterocycles. The molecule has 1 saturated heterocycles. The van der Waals surface area contributed by atoms with Crippen molar-refractivity contribution in [3.05, 3.63) is 60.9 Å². The highest BCUT2D eigenvalue weighted by atomic mass is 127. The molecular formula is C24H25IN6O2. The Morgan fingerprint density at radius 3 is 2.42 bits per heavy atom. The van der Waals surface area contributed by atoms with Crippen molar-refractivity contribution in [2.24, 2.45) is 0 Å². The lowest BCUT2D eigenvalue weighted by Crippen LogP contribution is -2.36. The molecule has 9 heteroatoms. The van der Waals surface area contributed by atoms with Crippen LogP contribution in [0.25, 0.3) is 22.3 Å². The number of benzene rings is 2. The molecule has 0 atom stereocenters. The Labute approximate surface area is 206 Å². The van der Waals surface area contributed by atoms with Crippen LogP contribution in [0.5, 0.6) is 11.5 Å². The van der Waals surface area contributed by atoms with E-state index in [1.807, 2.05) is 82.3 Å². The molecule has 1 aliphatic heterocycles. The average molecular weight is 556 g/mol. The van der Waals surface area contributed by atoms with Crippen molar-refractivity contribution in [1.82, 2.24) is 24.6 Å². The third-order valence-corrected chi connectivity index (χ3v) is 6.45. The number of anilines is 1. The Morgan fingerprint density at radius 2 is 1.70 bits per heavy atom. The molecule has 0 bridgehead atoms. The summed E-state index contributed by atoms with van der Waals surface area (Å²) in [4.78, 5) is 11.2. The minimum atomic E-state index is 0.271. The fourth-order valence-electron chi connectivity index (χ4n) is 4.31. The maximum atomic E-state index is 6.29. The number of para-hydroxylation sites is 1. The van der Waals surface area contributed by atoms with Crippen molar-refractivity contribution in [2.75, 3.05) is 32.0 Å². The predicted octanol–water partition coefficient (Wildman–Crippen LogP) is 4.87. The molecule has 2 N–H and O–H groups in total. The van der Waals surface area contributed by atoms with Gasteiger partial charge in [-0.25, -0.2) is 14.6 Å². The molecule has 1 aliphatic rings. The zero-order valence-electron chi connectivity index (χ0n) is 18.1. The van der Waals surface area contributed by atoms with Crippen molar-refractivity contribution in [3.63, 3.8) is 0 Å². The zero-order chi connectivity index (χ0) is 22.6. The molecular weight excluding hydrogens is 531 g/mol. The highest BCUT2D eigenvalue weighted by Crippen LogP contribution is 2.35. The van der Waals surface area contributed by atoms with Gasteiger partial charge in [-0.3, -0.25) is 0 Å². The van der Waals surface area contributed by atoms with Gasteiger partial charge < -0.3 is 18.4 Å². The van der Waals surface area contributed by atoms with Crippen molar-refractivity contribution >= 4 is 39.9 Å². The largest absolute Gasteiger partial charge is 0.457 e. The highest BCUT2D eigenvalue weighted by Gasteiger charge is 2.26. The summed E-state index contributed by atoms with van der Waals surface area (Å²) in [6.07, 6.45) is 3.53. The molecule has 0 saturated carbocycles. The van der Waals surface area contributed by atoms with Crippen LogP contribution in [0.15, 0.2) is 60.9 Å². The summed E-state index contributed by atoms with van der Waals surface area (Å²) in [6, 6.07) is 17.9. The number of hydrogen-bond donors (Lipinski definition) is 1. The Balaban J connectivity index is 1.42. The number of piperidine rings is 1. The quantitative estimate of drug-likeness (QED) is 0.325. The lowest BCUT2D eigenvalue weighted by Gasteiger charge is -2.31. The standard InChI is InChI=1S/C24H25IN6O2/c25-32-15-14-30-12-10-18(11-13-30)31-24-21(23(26)27-16-28-24)22(29-31)17-6-8-20(9-7-17)33-19-4-2-1-3-5-19/h1-9,16,18H,10-15H2,(H2,26,27,28). The number of aromatic nitrogens is 4. The maximum Gasteiger partial charge on any atom is 0.164 e. The molecule has 0 unspecified atom stereocenters. The molecule has 1 fully saturated rings. The molecule has 5 rings (SSSR count). The third kappa shape index (κ3) is 4.80. The Morgan fingerprint density at radius 1 is 0.970 bits per heavy atom. The van der Waals surface area contributed by atoms with Gasteiger partial charge in [0, 0.05) is 25.2 Å². The van der Waals surface area contributed by atoms with E-state index in [4.69, 9.17) is 18.6 Å². The van der Waals surface area contributed by atoms with E-state index in [9.17, 15) is 0 Å². The number of likely N-dealkylation sites (tertiary alicyclic amines) is 1. The zero-order valence-corrected chi connectivity index (χ0v) is 20.3. The van der Waals surface area contributed by atoms with Gasteiger partial charge in [0.2, 0.25) is 0 Å². The van der Waals surface area contributed by atoms with Crippen LogP contribution in [0.3, 0.4) is 0 Å². The van der Waals surface area contributed by atoms with E-state index < -0.39 is 0 Å². The van der Waals surface area contributed by atoms with E-state index in [-0.39, 0.29) is 6.04 Å². The number of nitrogens with zero attached hydrogens (tertiary/aromatic N) is 5. The first kappa shape index (κ1) is 22.1. The van der Waals surface area contributed by atoms with E-state index in [1.165, 1.54) is 6.33 Å². The van der Waals surface area contributed by atoms with Gasteiger partial charge in [-0.1, -0.05) is 18.2 Å². The lowest BCUT2D eigenvalue weighted by atomic mass is 10.1. The summed E-state index contributed by atoms with van der Waals surface area (Å²) in [7, 11) is 0. The number of rotatable bonds is 7. The van der Waals surface area contributed by atoms with Gasteiger partial charge in [0.25, 0.3) is 0 Å². The first-order valence-electron chi connectivity index (χ1n) is 11.0. The molecule has 0 amide bonds. The topological polar surface area (TPSA) is 91.3 Å². The molecule has 4 aromatic rings. The van der Waals surface area contributed by atoms with Gasteiger partial charge in [0.15, 0.2) is 5.65 Å². The average Bonchev–Trinajstić information content (AvgIpc) is 3.25. The number of nitrogens with two attached hydrogens (primary N) is 1. The van der Waals surface area contributed by atoms with Gasteiger partial charge in [-0.05, 0) is 49.2 Å². The summed E-state index contributed by atoms with van der Waals surface area (Å²) >= 11 is 1.95. The van der Waals surface area contributed by atoms with Gasteiger partial charge >= 0.3 is 0 Å². The minimum Gasteiger partial charge on any atom is -0.457 e. The second-order valence-electron chi connectivity index (χ2n) is 8.08. The first-order chi connectivity index (χ1) is 16.2. The van der Waals surface area contributed by atoms with Crippen LogP contribution in [0.1, 0.15) is 18.9 Å². The minimum absolute atomic E-state index is 0.271. The summed E-state index contributed by atoms with van der Waals surface area (Å²) in [6.45, 7) is 3.71. The molecule has 0 aliphatic carbocycles. The molecule has 2 aromatic heterocycles. The Kier molecular flexibility index (Phi) is 6.70. The van der Waals surface area contributed by atoms with E-state index in [0.29, 0.717) is 5.82 Å². The fraction of sp³-hybridized carbons (Fsp3) is 0.292. The summed E-state index contributed by atoms with van der Waals surface area (Å²) in [5.74, 6) is 2.01. The van der Waals surface area contributed by atoms with Crippen molar-refractivity contribution in [2.45, 2.75) is 18.9 Å². The van der Waals surface area contributed by atoms with Crippen LogP contribution in [0.4, 0.5) is 5.82 Å². The Bertz CT molecular complexity index is 1210. The van der Waals surface area contributed by atoms with Crippen LogP contribution in [-0.4, -0.2) is 50.9 Å². The van der Waals surface area contributed by atoms with Crippen LogP contribution in [-0.2, 0) is 3.07 Å². The third-order valence-electron chi connectivity index (χ3n) is 6.01. The van der Waals surface area contributed by atoms with Gasteiger partial charge in [-0.2, -0.15) is 5.10 Å².